The second kappa shape index (κ2) is 22.0. The van der Waals surface area contributed by atoms with Crippen LogP contribution in [0.25, 0.3) is 0 Å². The van der Waals surface area contributed by atoms with Gasteiger partial charge in [-0.2, -0.15) is 10.2 Å². The molecule has 8 rings (SSSR count). The number of aromatic nitrogens is 2. The molecule has 2 aromatic heterocycles. The quantitative estimate of drug-likeness (QED) is 0.0380. The van der Waals surface area contributed by atoms with E-state index in [0.717, 1.165) is 5.69 Å². The first kappa shape index (κ1) is 48.5. The number of fused-ring (bicyclic) bond motifs is 1. The van der Waals surface area contributed by atoms with E-state index in [1.165, 1.54) is 36.5 Å². The highest BCUT2D eigenvalue weighted by molar-refractivity contribution is 7.13. The highest BCUT2D eigenvalue weighted by atomic mass is 35.5. The van der Waals surface area contributed by atoms with Crippen molar-refractivity contribution in [3.05, 3.63) is 106 Å². The zero-order valence-corrected chi connectivity index (χ0v) is 39.5. The number of ether oxygens (including phenoxy) is 4. The van der Waals surface area contributed by atoms with Gasteiger partial charge in [-0.15, -0.1) is 11.3 Å². The number of imide groups is 1. The number of methoxy groups -OCH3 is 2. The third-order valence-corrected chi connectivity index (χ3v) is 13.4. The van der Waals surface area contributed by atoms with Crippen LogP contribution in [0.2, 0.25) is 5.02 Å². The lowest BCUT2D eigenvalue weighted by molar-refractivity contribution is -0.137. The highest BCUT2D eigenvalue weighted by Crippen LogP contribution is 2.44. The Labute approximate surface area is 406 Å². The molecule has 1 saturated carbocycles. The number of hydrogen-bond donors (Lipinski definition) is 3. The van der Waals surface area contributed by atoms with Gasteiger partial charge >= 0.3 is 0 Å². The third-order valence-electron chi connectivity index (χ3n) is 12.4. The van der Waals surface area contributed by atoms with Crippen molar-refractivity contribution in [3.8, 4) is 23.0 Å². The third kappa shape index (κ3) is 11.5. The van der Waals surface area contributed by atoms with E-state index in [2.05, 4.69) is 31.2 Å². The van der Waals surface area contributed by atoms with Crippen molar-refractivity contribution in [2.75, 3.05) is 32.7 Å². The van der Waals surface area contributed by atoms with Gasteiger partial charge in [0.2, 0.25) is 23.5 Å². The predicted octanol–water partition coefficient (Wildman–Crippen LogP) is 8.75. The number of unbranched alkanes of at least 4 members (excludes halogenated alkanes) is 1. The summed E-state index contributed by atoms with van der Waals surface area (Å²) in [6.07, 6.45) is 5.38. The number of ketones is 1. The average Bonchev–Trinajstić information content (AvgIpc) is 3.99. The van der Waals surface area contributed by atoms with E-state index >= 15 is 0 Å². The van der Waals surface area contributed by atoms with E-state index in [9.17, 15) is 28.4 Å². The number of piperidine rings is 1. The molecule has 0 spiro atoms. The maximum absolute atomic E-state index is 14.7. The highest BCUT2D eigenvalue weighted by Gasteiger charge is 2.43. The Hall–Kier alpha value is -6.99. The summed E-state index contributed by atoms with van der Waals surface area (Å²) in [5.41, 5.74) is 1.72. The Morgan fingerprint density at radius 2 is 1.74 bits per heavy atom. The van der Waals surface area contributed by atoms with Crippen LogP contribution in [0.5, 0.6) is 23.0 Å². The zero-order valence-electron chi connectivity index (χ0n) is 37.9. The van der Waals surface area contributed by atoms with E-state index in [1.807, 2.05) is 23.6 Å². The molecule has 0 radical (unpaired) electrons. The number of amides is 4. The number of rotatable bonds is 20. The van der Waals surface area contributed by atoms with Crippen molar-refractivity contribution in [1.82, 2.24) is 25.5 Å². The fourth-order valence-corrected chi connectivity index (χ4v) is 9.49. The molecule has 4 amide bonds. The first-order valence-electron chi connectivity index (χ1n) is 22.5. The number of thiazole rings is 1. The number of anilines is 2. The summed E-state index contributed by atoms with van der Waals surface area (Å²) in [6, 6.07) is 17.7. The van der Waals surface area contributed by atoms with E-state index in [1.54, 1.807) is 48.7 Å². The molecule has 360 valence electrons. The molecule has 0 bridgehead atoms. The fourth-order valence-electron chi connectivity index (χ4n) is 8.79. The number of benzene rings is 3. The number of carbonyl (C=O) groups excluding carboxylic acids is 5. The van der Waals surface area contributed by atoms with Crippen molar-refractivity contribution >= 4 is 74.7 Å². The van der Waals surface area contributed by atoms with Gasteiger partial charge in [-0.25, -0.2) is 14.4 Å². The molecule has 5 aromatic rings. The summed E-state index contributed by atoms with van der Waals surface area (Å²) in [6.45, 7) is 0.218. The topological polar surface area (TPSA) is 212 Å². The van der Waals surface area contributed by atoms with Crippen LogP contribution in [0.15, 0.2) is 88.5 Å². The van der Waals surface area contributed by atoms with Crippen LogP contribution in [0.4, 0.5) is 26.7 Å². The molecule has 2 aliphatic heterocycles. The van der Waals surface area contributed by atoms with Crippen LogP contribution in [0.3, 0.4) is 0 Å². The molecule has 20 heteroatoms. The first-order valence-corrected chi connectivity index (χ1v) is 23.8. The molecule has 3 aliphatic rings. The van der Waals surface area contributed by atoms with Crippen LogP contribution < -0.4 is 34.9 Å². The number of nitrogens with zero attached hydrogens (tertiary/aromatic N) is 5. The summed E-state index contributed by atoms with van der Waals surface area (Å²) in [5, 5.41) is 20.0. The second-order valence-electron chi connectivity index (χ2n) is 16.9. The van der Waals surface area contributed by atoms with Crippen LogP contribution in [0.1, 0.15) is 79.4 Å². The van der Waals surface area contributed by atoms with Gasteiger partial charge in [0.05, 0.1) is 42.1 Å². The first-order chi connectivity index (χ1) is 33.4. The number of Topliss-reactive ketones (excluding diaryl/α,β-unsaturated/α-hetero) is 1. The minimum absolute atomic E-state index is 0.0194. The summed E-state index contributed by atoms with van der Waals surface area (Å²) in [7, 11) is 2.89. The minimum Gasteiger partial charge on any atom is -0.493 e. The number of halogens is 2. The monoisotopic (exact) mass is 980 g/mol. The van der Waals surface area contributed by atoms with Gasteiger partial charge in [0.25, 0.3) is 5.91 Å². The van der Waals surface area contributed by atoms with E-state index in [-0.39, 0.29) is 90.0 Å². The molecule has 1 aliphatic carbocycles. The van der Waals surface area contributed by atoms with Crippen molar-refractivity contribution in [3.63, 3.8) is 0 Å². The average molecular weight is 982 g/mol. The summed E-state index contributed by atoms with van der Waals surface area (Å²) >= 11 is 7.45. The molecule has 69 heavy (non-hydrogen) atoms. The summed E-state index contributed by atoms with van der Waals surface area (Å²) in [4.78, 5) is 75.3. The van der Waals surface area contributed by atoms with E-state index < -0.39 is 23.2 Å². The predicted molar refractivity (Wildman–Crippen MR) is 254 cm³/mol. The van der Waals surface area contributed by atoms with Crippen molar-refractivity contribution in [2.45, 2.75) is 82.9 Å². The molecule has 1 saturated heterocycles. The maximum Gasteiger partial charge on any atom is 0.255 e. The fraction of sp³-hybridized carbons (Fsp3) is 0.367. The number of nitrogens with one attached hydrogen (secondary N) is 3. The smallest absolute Gasteiger partial charge is 0.255 e. The summed E-state index contributed by atoms with van der Waals surface area (Å²) < 4.78 is 37.9. The standard InChI is InChI=1S/C49H50ClFN8O9S/c1-65-39-24-30(57-58-36-12-6-10-33-34(36)27-59(46(33)63)37-15-16-42(61)56-45(37)62)25-40(66-2)44(39)67-28-31(60)9-3-4-21-52-47(64)49(26-29-8-5-14-41(54-29)55-48-53-22-23-69-48)19-17-32(18-20-49)68-38-13-7-11-35(50)43(38)51/h5-8,10-14,22-25,32,37H,3-4,9,15-21,26-28H2,1-2H3,(H,52,64)(H,53,54,55)(H,56,61,62). The van der Waals surface area contributed by atoms with Gasteiger partial charge in [0.1, 0.15) is 18.5 Å². The van der Waals surface area contributed by atoms with Gasteiger partial charge in [-0.1, -0.05) is 29.8 Å². The Morgan fingerprint density at radius 3 is 2.48 bits per heavy atom. The van der Waals surface area contributed by atoms with Gasteiger partial charge in [0.15, 0.2) is 34.0 Å². The molecule has 3 N–H and O–H groups in total. The van der Waals surface area contributed by atoms with Crippen LogP contribution >= 0.6 is 22.9 Å². The number of carbonyl (C=O) groups is 5. The lowest BCUT2D eigenvalue weighted by atomic mass is 9.69. The minimum atomic E-state index is -0.804. The summed E-state index contributed by atoms with van der Waals surface area (Å²) in [5.74, 6) is -0.690. The molecular weight excluding hydrogens is 931 g/mol. The van der Waals surface area contributed by atoms with Crippen molar-refractivity contribution in [1.29, 1.82) is 0 Å². The molecule has 3 aromatic carbocycles. The Balaban J connectivity index is 0.845. The lowest BCUT2D eigenvalue weighted by Crippen LogP contribution is -2.52. The largest absolute Gasteiger partial charge is 0.493 e. The Kier molecular flexibility index (Phi) is 15.4. The number of hydrogen-bond acceptors (Lipinski definition) is 15. The Morgan fingerprint density at radius 1 is 0.971 bits per heavy atom. The molecule has 4 heterocycles. The zero-order chi connectivity index (χ0) is 48.5. The number of pyridine rings is 1. The molecule has 1 unspecified atom stereocenters. The lowest BCUT2D eigenvalue weighted by Gasteiger charge is -2.39. The maximum atomic E-state index is 14.7. The Bertz CT molecular complexity index is 2730. The van der Waals surface area contributed by atoms with Gasteiger partial charge in [0, 0.05) is 72.9 Å². The van der Waals surface area contributed by atoms with Gasteiger partial charge in [-0.05, 0) is 81.3 Å². The van der Waals surface area contributed by atoms with Gasteiger partial charge in [-0.3, -0.25) is 29.3 Å². The van der Waals surface area contributed by atoms with E-state index in [0.29, 0.717) is 84.9 Å². The van der Waals surface area contributed by atoms with Crippen molar-refractivity contribution in [2.24, 2.45) is 15.6 Å². The van der Waals surface area contributed by atoms with Crippen LogP contribution in [-0.4, -0.2) is 83.8 Å². The van der Waals surface area contributed by atoms with Crippen molar-refractivity contribution < 1.29 is 47.3 Å². The van der Waals surface area contributed by atoms with Crippen LogP contribution in [0, 0.1) is 11.2 Å². The van der Waals surface area contributed by atoms with Gasteiger partial charge < -0.3 is 34.5 Å². The van der Waals surface area contributed by atoms with E-state index in [4.69, 9.17) is 35.5 Å². The molecular formula is C49H50ClFN8O9S. The normalized spacial score (nSPS) is 19.0. The number of azo groups is 1. The molecule has 1 atom stereocenters. The molecule has 17 nitrogen and oxygen atoms in total. The van der Waals surface area contributed by atoms with Crippen LogP contribution in [-0.2, 0) is 32.1 Å². The SMILES string of the molecule is COc1cc(N=Nc2cccc3c2CN(C2CCC(=O)NC2=O)C3=O)cc(OC)c1OCC(=O)CCCCNC(=O)C1(Cc2cccc(Nc3nccs3)n2)CCC(Oc2cccc(Cl)c2F)CC1. The molecule has 2 fully saturated rings. The second-order valence-corrected chi connectivity index (χ2v) is 18.2.